The van der Waals surface area contributed by atoms with E-state index in [1.54, 1.807) is 12.1 Å². The van der Waals surface area contributed by atoms with Gasteiger partial charge in [0.25, 0.3) is 5.91 Å². The van der Waals surface area contributed by atoms with Gasteiger partial charge in [-0.15, -0.1) is 0 Å². The molecule has 0 aliphatic carbocycles. The average Bonchev–Trinajstić information content (AvgIpc) is 2.61. The number of alkyl halides is 2. The predicted octanol–water partition coefficient (Wildman–Crippen LogP) is 5.22. The first-order valence-corrected chi connectivity index (χ1v) is 8.46. The Bertz CT molecular complexity index is 934. The molecule has 134 valence electrons. The number of fused-ring (bicyclic) bond motifs is 1. The molecule has 4 nitrogen and oxygen atoms in total. The number of benzene rings is 3. The number of carbonyl (C=O) groups excluding carboxylic acids is 1. The summed E-state index contributed by atoms with van der Waals surface area (Å²) in [6.45, 7) is -3.23. The summed E-state index contributed by atoms with van der Waals surface area (Å²) < 4.78 is 35.6. The number of para-hydroxylation sites is 2. The van der Waals surface area contributed by atoms with E-state index in [-0.39, 0.29) is 18.0 Å². The first-order valence-electron chi connectivity index (χ1n) is 7.67. The second-order valence-electron chi connectivity index (χ2n) is 5.36. The molecule has 0 aliphatic rings. The predicted molar refractivity (Wildman–Crippen MR) is 98.8 cm³/mol. The van der Waals surface area contributed by atoms with Crippen LogP contribution in [0.2, 0.25) is 0 Å². The van der Waals surface area contributed by atoms with Crippen molar-refractivity contribution < 1.29 is 23.0 Å². The molecule has 0 radical (unpaired) electrons. The van der Waals surface area contributed by atoms with Crippen LogP contribution in [0.25, 0.3) is 10.8 Å². The van der Waals surface area contributed by atoms with Gasteiger partial charge in [-0.25, -0.2) is 0 Å². The monoisotopic (exact) mass is 421 g/mol. The smallest absolute Gasteiger partial charge is 0.387 e. The van der Waals surface area contributed by atoms with Gasteiger partial charge in [0.1, 0.15) is 11.5 Å². The highest BCUT2D eigenvalue weighted by Gasteiger charge is 2.12. The summed E-state index contributed by atoms with van der Waals surface area (Å²) in [7, 11) is 0. The number of ether oxygens (including phenoxy) is 2. The number of anilines is 1. The highest BCUT2D eigenvalue weighted by Crippen LogP contribution is 2.26. The van der Waals surface area contributed by atoms with Crippen molar-refractivity contribution in [3.05, 3.63) is 65.1 Å². The standard InChI is InChI=1S/C19H14BrF2NO3/c20-14-7-5-13-10-15(8-6-12(13)9-14)25-11-18(24)23-16-3-1-2-4-17(16)26-19(21)22/h1-10,19H,11H2,(H,23,24). The van der Waals surface area contributed by atoms with Crippen molar-refractivity contribution in [2.75, 3.05) is 11.9 Å². The van der Waals surface area contributed by atoms with E-state index < -0.39 is 12.5 Å². The molecule has 3 aromatic carbocycles. The summed E-state index contributed by atoms with van der Waals surface area (Å²) in [6.07, 6.45) is 0. The topological polar surface area (TPSA) is 47.6 Å². The Kier molecular flexibility index (Phi) is 5.68. The number of rotatable bonds is 6. The molecule has 3 aromatic rings. The molecular formula is C19H14BrF2NO3. The summed E-state index contributed by atoms with van der Waals surface area (Å²) in [6, 6.07) is 17.3. The van der Waals surface area contributed by atoms with Gasteiger partial charge in [-0.1, -0.05) is 40.2 Å². The lowest BCUT2D eigenvalue weighted by Gasteiger charge is -2.12. The fourth-order valence-corrected chi connectivity index (χ4v) is 2.77. The Labute approximate surface area is 156 Å². The van der Waals surface area contributed by atoms with E-state index in [4.69, 9.17) is 4.74 Å². The fraction of sp³-hybridized carbons (Fsp3) is 0.105. The molecule has 0 spiro atoms. The van der Waals surface area contributed by atoms with Crippen LogP contribution in [0.15, 0.2) is 65.1 Å². The zero-order valence-corrected chi connectivity index (χ0v) is 15.0. The van der Waals surface area contributed by atoms with E-state index in [1.807, 2.05) is 30.3 Å². The maximum atomic E-state index is 12.4. The Morgan fingerprint density at radius 3 is 2.58 bits per heavy atom. The lowest BCUT2D eigenvalue weighted by Crippen LogP contribution is -2.20. The van der Waals surface area contributed by atoms with Gasteiger partial charge in [-0.2, -0.15) is 8.78 Å². The normalized spacial score (nSPS) is 10.8. The third-order valence-corrected chi connectivity index (χ3v) is 4.01. The van der Waals surface area contributed by atoms with Crippen LogP contribution in [0, 0.1) is 0 Å². The van der Waals surface area contributed by atoms with E-state index >= 15 is 0 Å². The van der Waals surface area contributed by atoms with Gasteiger partial charge in [0, 0.05) is 4.47 Å². The number of amides is 1. The highest BCUT2D eigenvalue weighted by molar-refractivity contribution is 9.10. The second-order valence-corrected chi connectivity index (χ2v) is 6.28. The van der Waals surface area contributed by atoms with Crippen LogP contribution in [-0.2, 0) is 4.79 Å². The van der Waals surface area contributed by atoms with Crippen LogP contribution in [0.5, 0.6) is 11.5 Å². The van der Waals surface area contributed by atoms with Gasteiger partial charge in [0.15, 0.2) is 6.61 Å². The Balaban J connectivity index is 1.63. The molecule has 0 saturated heterocycles. The Morgan fingerprint density at radius 2 is 1.77 bits per heavy atom. The van der Waals surface area contributed by atoms with Crippen LogP contribution in [0.3, 0.4) is 0 Å². The molecule has 0 bridgehead atoms. The number of hydrogen-bond acceptors (Lipinski definition) is 3. The van der Waals surface area contributed by atoms with E-state index in [0.29, 0.717) is 5.75 Å². The summed E-state index contributed by atoms with van der Waals surface area (Å²) in [5.41, 5.74) is 0.157. The number of nitrogens with one attached hydrogen (secondary N) is 1. The van der Waals surface area contributed by atoms with Crippen molar-refractivity contribution in [1.29, 1.82) is 0 Å². The molecular weight excluding hydrogens is 408 g/mol. The van der Waals surface area contributed by atoms with Crippen molar-refractivity contribution in [3.63, 3.8) is 0 Å². The van der Waals surface area contributed by atoms with E-state index in [0.717, 1.165) is 15.2 Å². The van der Waals surface area contributed by atoms with Crippen molar-refractivity contribution in [3.8, 4) is 11.5 Å². The molecule has 0 aromatic heterocycles. The van der Waals surface area contributed by atoms with Crippen LogP contribution < -0.4 is 14.8 Å². The van der Waals surface area contributed by atoms with Crippen molar-refractivity contribution in [2.45, 2.75) is 6.61 Å². The van der Waals surface area contributed by atoms with E-state index in [2.05, 4.69) is 26.0 Å². The van der Waals surface area contributed by atoms with Gasteiger partial charge in [-0.05, 0) is 47.2 Å². The summed E-state index contributed by atoms with van der Waals surface area (Å²) in [4.78, 5) is 12.0. The highest BCUT2D eigenvalue weighted by atomic mass is 79.9. The van der Waals surface area contributed by atoms with Crippen molar-refractivity contribution >= 4 is 38.3 Å². The molecule has 0 unspecified atom stereocenters. The first kappa shape index (κ1) is 18.1. The molecule has 26 heavy (non-hydrogen) atoms. The maximum Gasteiger partial charge on any atom is 0.387 e. The number of carbonyl (C=O) groups is 1. The van der Waals surface area contributed by atoms with Crippen molar-refractivity contribution in [1.82, 2.24) is 0 Å². The van der Waals surface area contributed by atoms with Gasteiger partial charge in [0.2, 0.25) is 0 Å². The Morgan fingerprint density at radius 1 is 1.04 bits per heavy atom. The van der Waals surface area contributed by atoms with Crippen molar-refractivity contribution in [2.24, 2.45) is 0 Å². The van der Waals surface area contributed by atoms with Crippen LogP contribution in [0.4, 0.5) is 14.5 Å². The minimum absolute atomic E-state index is 0.105. The zero-order valence-electron chi connectivity index (χ0n) is 13.4. The Hall–Kier alpha value is -2.67. The van der Waals surface area contributed by atoms with Gasteiger partial charge in [0.05, 0.1) is 5.69 Å². The summed E-state index contributed by atoms with van der Waals surface area (Å²) in [5, 5.41) is 4.51. The summed E-state index contributed by atoms with van der Waals surface area (Å²) >= 11 is 3.41. The molecule has 0 saturated carbocycles. The molecule has 1 N–H and O–H groups in total. The fourth-order valence-electron chi connectivity index (χ4n) is 2.39. The molecule has 7 heteroatoms. The summed E-state index contributed by atoms with van der Waals surface area (Å²) in [5.74, 6) is -0.0505. The van der Waals surface area contributed by atoms with Crippen LogP contribution in [-0.4, -0.2) is 19.1 Å². The quantitative estimate of drug-likeness (QED) is 0.593. The largest absolute Gasteiger partial charge is 0.484 e. The number of halogens is 3. The molecule has 0 fully saturated rings. The van der Waals surface area contributed by atoms with Gasteiger partial charge < -0.3 is 14.8 Å². The lowest BCUT2D eigenvalue weighted by atomic mass is 10.1. The molecule has 0 atom stereocenters. The third-order valence-electron chi connectivity index (χ3n) is 3.52. The van der Waals surface area contributed by atoms with Gasteiger partial charge >= 0.3 is 6.61 Å². The first-order chi connectivity index (χ1) is 12.5. The van der Waals surface area contributed by atoms with E-state index in [9.17, 15) is 13.6 Å². The lowest BCUT2D eigenvalue weighted by molar-refractivity contribution is -0.118. The van der Waals surface area contributed by atoms with Crippen LogP contribution >= 0.6 is 15.9 Å². The molecule has 3 rings (SSSR count). The zero-order chi connectivity index (χ0) is 18.5. The van der Waals surface area contributed by atoms with E-state index in [1.165, 1.54) is 18.2 Å². The number of hydrogen-bond donors (Lipinski definition) is 1. The SMILES string of the molecule is O=C(COc1ccc2cc(Br)ccc2c1)Nc1ccccc1OC(F)F. The minimum Gasteiger partial charge on any atom is -0.484 e. The molecule has 0 aliphatic heterocycles. The molecule has 1 amide bonds. The second kappa shape index (κ2) is 8.14. The average molecular weight is 422 g/mol. The van der Waals surface area contributed by atoms with Gasteiger partial charge in [-0.3, -0.25) is 4.79 Å². The molecule has 0 heterocycles. The van der Waals surface area contributed by atoms with Crippen LogP contribution in [0.1, 0.15) is 0 Å². The third kappa shape index (κ3) is 4.70. The minimum atomic E-state index is -2.97. The maximum absolute atomic E-state index is 12.4.